The van der Waals surface area contributed by atoms with Crippen LogP contribution >= 0.6 is 23.2 Å². The number of sulfonamides is 1. The van der Waals surface area contributed by atoms with E-state index in [0.29, 0.717) is 15.6 Å². The van der Waals surface area contributed by atoms with Crippen LogP contribution in [-0.4, -0.2) is 20.9 Å². The number of nitrogens with one attached hydrogen (secondary N) is 2. The van der Waals surface area contributed by atoms with E-state index in [0.717, 1.165) is 24.3 Å². The highest BCUT2D eigenvalue weighted by molar-refractivity contribution is 7.89. The number of rotatable bonds is 7. The SMILES string of the molecule is CC(NC(=O)CCNS(=O)(=O)c1ccc(F)cc1)c1ccc(Cl)cc1Cl. The Morgan fingerprint density at radius 1 is 1.15 bits per heavy atom. The van der Waals surface area contributed by atoms with Gasteiger partial charge in [-0.1, -0.05) is 29.3 Å². The average molecular weight is 419 g/mol. The third kappa shape index (κ3) is 5.67. The largest absolute Gasteiger partial charge is 0.349 e. The van der Waals surface area contributed by atoms with E-state index in [4.69, 9.17) is 23.2 Å². The molecule has 2 aromatic rings. The highest BCUT2D eigenvalue weighted by Crippen LogP contribution is 2.26. The molecule has 0 saturated heterocycles. The molecule has 0 saturated carbocycles. The molecule has 2 rings (SSSR count). The second-order valence-electron chi connectivity index (χ2n) is 5.56. The maximum atomic E-state index is 12.9. The Morgan fingerprint density at radius 3 is 2.42 bits per heavy atom. The standard InChI is InChI=1S/C17H17Cl2FN2O3S/c1-11(15-7-2-12(18)10-16(15)19)22-17(23)8-9-21-26(24,25)14-5-3-13(20)4-6-14/h2-7,10-11,21H,8-9H2,1H3,(H,22,23). The summed E-state index contributed by atoms with van der Waals surface area (Å²) in [5, 5.41) is 3.66. The van der Waals surface area contributed by atoms with Gasteiger partial charge in [-0.05, 0) is 48.9 Å². The van der Waals surface area contributed by atoms with E-state index in [-0.39, 0.29) is 29.8 Å². The predicted molar refractivity (Wildman–Crippen MR) is 99.2 cm³/mol. The van der Waals surface area contributed by atoms with Crippen LogP contribution in [0.25, 0.3) is 0 Å². The van der Waals surface area contributed by atoms with Crippen LogP contribution in [0.2, 0.25) is 10.0 Å². The second-order valence-corrected chi connectivity index (χ2v) is 8.17. The first-order valence-electron chi connectivity index (χ1n) is 7.68. The molecule has 5 nitrogen and oxygen atoms in total. The number of carbonyl (C=O) groups excluding carboxylic acids is 1. The predicted octanol–water partition coefficient (Wildman–Crippen LogP) is 3.68. The molecule has 1 amide bonds. The lowest BCUT2D eigenvalue weighted by atomic mass is 10.1. The second kappa shape index (κ2) is 8.81. The third-order valence-electron chi connectivity index (χ3n) is 3.57. The van der Waals surface area contributed by atoms with Gasteiger partial charge >= 0.3 is 0 Å². The molecule has 9 heteroatoms. The fourth-order valence-electron chi connectivity index (χ4n) is 2.24. The van der Waals surface area contributed by atoms with Crippen LogP contribution in [-0.2, 0) is 14.8 Å². The summed E-state index contributed by atoms with van der Waals surface area (Å²) in [5.74, 6) is -0.872. The van der Waals surface area contributed by atoms with Gasteiger partial charge in [0.2, 0.25) is 15.9 Å². The maximum Gasteiger partial charge on any atom is 0.240 e. The zero-order valence-corrected chi connectivity index (χ0v) is 16.1. The van der Waals surface area contributed by atoms with Crippen molar-refractivity contribution in [2.45, 2.75) is 24.3 Å². The number of amides is 1. The quantitative estimate of drug-likeness (QED) is 0.719. The van der Waals surface area contributed by atoms with Crippen molar-refractivity contribution in [3.63, 3.8) is 0 Å². The molecule has 1 atom stereocenters. The van der Waals surface area contributed by atoms with Crippen molar-refractivity contribution in [1.82, 2.24) is 10.0 Å². The molecule has 0 fully saturated rings. The Kier molecular flexibility index (Phi) is 7.00. The molecule has 0 aliphatic carbocycles. The molecule has 0 heterocycles. The van der Waals surface area contributed by atoms with E-state index >= 15 is 0 Å². The van der Waals surface area contributed by atoms with Crippen molar-refractivity contribution >= 4 is 39.1 Å². The fourth-order valence-corrected chi connectivity index (χ4v) is 3.84. The van der Waals surface area contributed by atoms with Crippen LogP contribution < -0.4 is 10.0 Å². The highest BCUT2D eigenvalue weighted by Gasteiger charge is 2.16. The molecule has 2 N–H and O–H groups in total. The number of carbonyl (C=O) groups is 1. The lowest BCUT2D eigenvalue weighted by molar-refractivity contribution is -0.121. The summed E-state index contributed by atoms with van der Waals surface area (Å²) in [6, 6.07) is 9.02. The van der Waals surface area contributed by atoms with E-state index in [1.807, 2.05) is 0 Å². The molecule has 1 unspecified atom stereocenters. The molecule has 26 heavy (non-hydrogen) atoms. The molecule has 0 aliphatic rings. The van der Waals surface area contributed by atoms with Crippen LogP contribution in [0.1, 0.15) is 24.9 Å². The van der Waals surface area contributed by atoms with Gasteiger partial charge in [0.1, 0.15) is 5.82 Å². The molecule has 0 bridgehead atoms. The van der Waals surface area contributed by atoms with Crippen LogP contribution in [0.5, 0.6) is 0 Å². The smallest absolute Gasteiger partial charge is 0.240 e. The Hall–Kier alpha value is -1.67. The minimum Gasteiger partial charge on any atom is -0.349 e. The van der Waals surface area contributed by atoms with E-state index in [1.165, 1.54) is 0 Å². The first-order valence-corrected chi connectivity index (χ1v) is 9.92. The molecule has 0 aromatic heterocycles. The Balaban J connectivity index is 1.87. The van der Waals surface area contributed by atoms with Crippen molar-refractivity contribution in [1.29, 1.82) is 0 Å². The minimum absolute atomic E-state index is 0.0596. The van der Waals surface area contributed by atoms with E-state index in [1.54, 1.807) is 25.1 Å². The van der Waals surface area contributed by atoms with Crippen LogP contribution in [0.3, 0.4) is 0 Å². The minimum atomic E-state index is -3.80. The summed E-state index contributed by atoms with van der Waals surface area (Å²) < 4.78 is 39.3. The monoisotopic (exact) mass is 418 g/mol. The van der Waals surface area contributed by atoms with Gasteiger partial charge < -0.3 is 5.32 Å². The van der Waals surface area contributed by atoms with Gasteiger partial charge in [0.05, 0.1) is 10.9 Å². The number of benzene rings is 2. The first-order chi connectivity index (χ1) is 12.2. The summed E-state index contributed by atoms with van der Waals surface area (Å²) in [5.41, 5.74) is 0.705. The fraction of sp³-hybridized carbons (Fsp3) is 0.235. The van der Waals surface area contributed by atoms with E-state index in [9.17, 15) is 17.6 Å². The van der Waals surface area contributed by atoms with E-state index in [2.05, 4.69) is 10.0 Å². The van der Waals surface area contributed by atoms with Crippen molar-refractivity contribution in [2.24, 2.45) is 0 Å². The molecule has 0 radical (unpaired) electrons. The van der Waals surface area contributed by atoms with Crippen molar-refractivity contribution < 1.29 is 17.6 Å². The lowest BCUT2D eigenvalue weighted by Gasteiger charge is -2.16. The van der Waals surface area contributed by atoms with Gasteiger partial charge in [-0.25, -0.2) is 17.5 Å². The van der Waals surface area contributed by atoms with Gasteiger partial charge in [-0.15, -0.1) is 0 Å². The zero-order valence-electron chi connectivity index (χ0n) is 13.8. The topological polar surface area (TPSA) is 75.3 Å². The van der Waals surface area contributed by atoms with E-state index < -0.39 is 15.8 Å². The van der Waals surface area contributed by atoms with Crippen molar-refractivity contribution in [3.05, 3.63) is 63.9 Å². The average Bonchev–Trinajstić information content (AvgIpc) is 2.54. The van der Waals surface area contributed by atoms with Gasteiger partial charge in [0.15, 0.2) is 0 Å². The van der Waals surface area contributed by atoms with Crippen LogP contribution in [0, 0.1) is 5.82 Å². The zero-order chi connectivity index (χ0) is 19.3. The summed E-state index contributed by atoms with van der Waals surface area (Å²) in [7, 11) is -3.80. The molecular formula is C17H17Cl2FN2O3S. The Bertz CT molecular complexity index is 889. The van der Waals surface area contributed by atoms with Gasteiger partial charge in [-0.3, -0.25) is 4.79 Å². The molecule has 0 aliphatic heterocycles. The third-order valence-corrected chi connectivity index (χ3v) is 5.61. The summed E-state index contributed by atoms with van der Waals surface area (Å²) >= 11 is 11.9. The normalized spacial score (nSPS) is 12.6. The summed E-state index contributed by atoms with van der Waals surface area (Å²) in [6.45, 7) is 1.67. The van der Waals surface area contributed by atoms with Gasteiger partial charge in [0, 0.05) is 23.0 Å². The summed E-state index contributed by atoms with van der Waals surface area (Å²) in [4.78, 5) is 11.9. The first kappa shape index (κ1) is 20.6. The van der Waals surface area contributed by atoms with Crippen LogP contribution in [0.4, 0.5) is 4.39 Å². The lowest BCUT2D eigenvalue weighted by Crippen LogP contribution is -2.32. The number of halogens is 3. The van der Waals surface area contributed by atoms with Gasteiger partial charge in [-0.2, -0.15) is 0 Å². The summed E-state index contributed by atoms with van der Waals surface area (Å²) in [6.07, 6.45) is -0.0596. The van der Waals surface area contributed by atoms with Crippen molar-refractivity contribution in [3.8, 4) is 0 Å². The highest BCUT2D eigenvalue weighted by atomic mass is 35.5. The van der Waals surface area contributed by atoms with Crippen molar-refractivity contribution in [2.75, 3.05) is 6.54 Å². The number of hydrogen-bond donors (Lipinski definition) is 2. The van der Waals surface area contributed by atoms with Crippen LogP contribution in [0.15, 0.2) is 47.4 Å². The Morgan fingerprint density at radius 2 is 1.81 bits per heavy atom. The molecule has 2 aromatic carbocycles. The number of hydrogen-bond acceptors (Lipinski definition) is 3. The van der Waals surface area contributed by atoms with Gasteiger partial charge in [0.25, 0.3) is 0 Å². The Labute approximate surface area is 161 Å². The molecule has 140 valence electrons. The molecule has 0 spiro atoms. The maximum absolute atomic E-state index is 12.9. The molecular weight excluding hydrogens is 402 g/mol.